The van der Waals surface area contributed by atoms with Gasteiger partial charge in [0.1, 0.15) is 0 Å². The van der Waals surface area contributed by atoms with Gasteiger partial charge in [-0.05, 0) is 49.7 Å². The van der Waals surface area contributed by atoms with Crippen LogP contribution in [-0.2, 0) is 4.79 Å². The van der Waals surface area contributed by atoms with Gasteiger partial charge in [-0.25, -0.2) is 0 Å². The molecule has 4 rings (SSSR count). The molecule has 1 amide bonds. The summed E-state index contributed by atoms with van der Waals surface area (Å²) in [5, 5.41) is 15.0. The van der Waals surface area contributed by atoms with Crippen molar-refractivity contribution in [1.82, 2.24) is 10.2 Å². The second kappa shape index (κ2) is 7.73. The number of amides is 1. The number of hydrogen-bond acceptors (Lipinski definition) is 7. The van der Waals surface area contributed by atoms with Crippen LogP contribution in [0.4, 0.5) is 16.5 Å². The second-order valence-corrected chi connectivity index (χ2v) is 8.79. The normalized spacial score (nSPS) is 15.2. The van der Waals surface area contributed by atoms with E-state index in [4.69, 9.17) is 0 Å². The molecule has 2 heterocycles. The monoisotopic (exact) mass is 410 g/mol. The van der Waals surface area contributed by atoms with Crippen LogP contribution in [0.5, 0.6) is 0 Å². The molecule has 142 valence electrons. The van der Waals surface area contributed by atoms with Gasteiger partial charge in [-0.1, -0.05) is 40.8 Å². The van der Waals surface area contributed by atoms with E-state index in [1.807, 2.05) is 44.2 Å². The Hall–Kier alpha value is -2.71. The molecule has 8 heteroatoms. The minimum absolute atomic E-state index is 0.00240. The van der Waals surface area contributed by atoms with Crippen LogP contribution in [-0.4, -0.2) is 27.6 Å². The zero-order valence-electron chi connectivity index (χ0n) is 15.4. The van der Waals surface area contributed by atoms with Crippen LogP contribution in [0.1, 0.15) is 34.3 Å². The maximum absolute atomic E-state index is 12.6. The predicted molar refractivity (Wildman–Crippen MR) is 113 cm³/mol. The summed E-state index contributed by atoms with van der Waals surface area (Å²) in [4.78, 5) is 24.3. The zero-order valence-corrected chi connectivity index (χ0v) is 17.0. The number of benzene rings is 2. The van der Waals surface area contributed by atoms with E-state index in [1.54, 1.807) is 12.1 Å². The number of Topliss-reactive ketones (excluding diaryl/α,β-unsaturated/α-hetero) is 1. The molecular weight excluding hydrogens is 392 g/mol. The molecule has 1 aliphatic rings. The highest BCUT2D eigenvalue weighted by atomic mass is 32.2. The van der Waals surface area contributed by atoms with Gasteiger partial charge in [-0.15, -0.1) is 10.2 Å². The van der Waals surface area contributed by atoms with Crippen LogP contribution >= 0.6 is 23.1 Å². The van der Waals surface area contributed by atoms with Crippen LogP contribution in [0, 0.1) is 6.92 Å². The fraction of sp³-hybridized carbons (Fsp3) is 0.200. The minimum Gasteiger partial charge on any atom is -0.330 e. The van der Waals surface area contributed by atoms with Crippen molar-refractivity contribution >= 4 is 51.3 Å². The lowest BCUT2D eigenvalue weighted by Crippen LogP contribution is -2.08. The number of hydrogen-bond donors (Lipinski definition) is 2. The summed E-state index contributed by atoms with van der Waals surface area (Å²) in [7, 11) is 0. The maximum Gasteiger partial charge on any atom is 0.231 e. The van der Waals surface area contributed by atoms with Crippen molar-refractivity contribution in [3.63, 3.8) is 0 Å². The molecule has 0 bridgehead atoms. The van der Waals surface area contributed by atoms with Gasteiger partial charge < -0.3 is 10.6 Å². The fourth-order valence-corrected chi connectivity index (χ4v) is 4.55. The summed E-state index contributed by atoms with van der Waals surface area (Å²) in [5.41, 5.74) is 4.42. The molecule has 2 aromatic carbocycles. The average Bonchev–Trinajstić information content (AvgIpc) is 3.25. The molecule has 28 heavy (non-hydrogen) atoms. The highest BCUT2D eigenvalue weighted by Crippen LogP contribution is 2.33. The first-order valence-corrected chi connectivity index (χ1v) is 10.6. The number of fused-ring (bicyclic) bond motifs is 1. The number of aromatic nitrogens is 2. The van der Waals surface area contributed by atoms with Gasteiger partial charge >= 0.3 is 0 Å². The van der Waals surface area contributed by atoms with Gasteiger partial charge in [-0.3, -0.25) is 9.59 Å². The number of carbonyl (C=O) groups is 2. The van der Waals surface area contributed by atoms with Gasteiger partial charge in [0.15, 0.2) is 10.1 Å². The molecule has 0 aliphatic carbocycles. The van der Waals surface area contributed by atoms with Gasteiger partial charge in [0.2, 0.25) is 11.0 Å². The Morgan fingerprint density at radius 1 is 1.21 bits per heavy atom. The fourth-order valence-electron chi connectivity index (χ4n) is 2.88. The molecule has 2 N–H and O–H groups in total. The van der Waals surface area contributed by atoms with E-state index in [2.05, 4.69) is 20.8 Å². The molecular formula is C20H18N4O2S2. The van der Waals surface area contributed by atoms with Crippen molar-refractivity contribution in [2.24, 2.45) is 0 Å². The molecule has 0 saturated heterocycles. The maximum atomic E-state index is 12.6. The van der Waals surface area contributed by atoms with Crippen molar-refractivity contribution in [2.45, 2.75) is 24.1 Å². The number of anilines is 3. The van der Waals surface area contributed by atoms with Gasteiger partial charge in [0, 0.05) is 16.9 Å². The summed E-state index contributed by atoms with van der Waals surface area (Å²) in [6, 6.07) is 13.4. The number of aryl methyl sites for hydroxylation is 1. The lowest BCUT2D eigenvalue weighted by atomic mass is 9.99. The molecule has 0 fully saturated rings. The van der Waals surface area contributed by atoms with Crippen molar-refractivity contribution in [3.8, 4) is 0 Å². The Kier molecular flexibility index (Phi) is 5.15. The molecule has 1 aromatic heterocycles. The lowest BCUT2D eigenvalue weighted by Gasteiger charge is -2.05. The summed E-state index contributed by atoms with van der Waals surface area (Å²) in [6.07, 6.45) is 0. The summed E-state index contributed by atoms with van der Waals surface area (Å²) >= 11 is 2.78. The molecule has 1 atom stereocenters. The Labute approximate surface area is 170 Å². The first-order chi connectivity index (χ1) is 13.5. The Bertz CT molecular complexity index is 1050. The van der Waals surface area contributed by atoms with Crippen LogP contribution < -0.4 is 10.6 Å². The molecule has 0 spiro atoms. The van der Waals surface area contributed by atoms with Crippen molar-refractivity contribution in [3.05, 3.63) is 59.2 Å². The lowest BCUT2D eigenvalue weighted by molar-refractivity contribution is -0.116. The molecule has 6 nitrogen and oxygen atoms in total. The van der Waals surface area contributed by atoms with Crippen LogP contribution in [0.15, 0.2) is 46.8 Å². The zero-order chi connectivity index (χ0) is 19.7. The number of thioether (sulfide) groups is 1. The number of ketones is 1. The number of nitrogens with zero attached hydrogens (tertiary/aromatic N) is 2. The number of nitrogens with one attached hydrogen (secondary N) is 2. The molecule has 0 radical (unpaired) electrons. The predicted octanol–water partition coefficient (Wildman–Crippen LogP) is 4.62. The van der Waals surface area contributed by atoms with Gasteiger partial charge in [0.05, 0.1) is 11.7 Å². The highest BCUT2D eigenvalue weighted by Gasteiger charge is 2.27. The topological polar surface area (TPSA) is 84.0 Å². The molecule has 1 aliphatic heterocycles. The van der Waals surface area contributed by atoms with E-state index in [0.29, 0.717) is 10.7 Å². The Morgan fingerprint density at radius 3 is 2.79 bits per heavy atom. The van der Waals surface area contributed by atoms with Gasteiger partial charge in [0.25, 0.3) is 0 Å². The average molecular weight is 411 g/mol. The van der Waals surface area contributed by atoms with Crippen molar-refractivity contribution in [2.75, 3.05) is 16.4 Å². The van der Waals surface area contributed by atoms with Crippen LogP contribution in [0.3, 0.4) is 0 Å². The Balaban J connectivity index is 1.37. The minimum atomic E-state index is -0.228. The van der Waals surface area contributed by atoms with Crippen LogP contribution in [0.2, 0.25) is 0 Å². The van der Waals surface area contributed by atoms with Crippen molar-refractivity contribution < 1.29 is 9.59 Å². The van der Waals surface area contributed by atoms with Gasteiger partial charge in [-0.2, -0.15) is 0 Å². The third-order valence-corrected chi connectivity index (χ3v) is 6.50. The first-order valence-electron chi connectivity index (χ1n) is 8.77. The molecule has 3 aromatic rings. The highest BCUT2D eigenvalue weighted by molar-refractivity contribution is 8.01. The smallest absolute Gasteiger partial charge is 0.231 e. The summed E-state index contributed by atoms with van der Waals surface area (Å²) in [5.74, 6) is 0.0151. The number of carbonyl (C=O) groups excluding carboxylic acids is 2. The molecule has 0 unspecified atom stereocenters. The van der Waals surface area contributed by atoms with Crippen molar-refractivity contribution in [1.29, 1.82) is 0 Å². The third kappa shape index (κ3) is 3.93. The SMILES string of the molecule is Cc1ccc(Nc2nnc(SCC(=O)c3ccc4c(c3)[C@@H](C)C(=O)N4)s2)cc1. The largest absolute Gasteiger partial charge is 0.330 e. The second-order valence-electron chi connectivity index (χ2n) is 6.59. The number of rotatable bonds is 6. The van der Waals surface area contributed by atoms with E-state index in [0.717, 1.165) is 21.3 Å². The molecule has 0 saturated carbocycles. The van der Waals surface area contributed by atoms with Crippen LogP contribution in [0.25, 0.3) is 0 Å². The van der Waals surface area contributed by atoms with E-state index in [9.17, 15) is 9.59 Å². The van der Waals surface area contributed by atoms with E-state index in [1.165, 1.54) is 28.7 Å². The Morgan fingerprint density at radius 2 is 2.00 bits per heavy atom. The van der Waals surface area contributed by atoms with E-state index >= 15 is 0 Å². The standard InChI is InChI=1S/C20H18N4O2S2/c1-11-3-6-14(7-4-11)21-19-23-24-20(28-19)27-10-17(25)13-5-8-16-15(9-13)12(2)18(26)22-16/h3-9,12H,10H2,1-2H3,(H,21,23)(H,22,26)/t12-/m1/s1. The first kappa shape index (κ1) is 18.6. The third-order valence-electron chi connectivity index (χ3n) is 4.53. The van der Waals surface area contributed by atoms with E-state index < -0.39 is 0 Å². The summed E-state index contributed by atoms with van der Waals surface area (Å²) < 4.78 is 0.731. The quantitative estimate of drug-likeness (QED) is 0.456. The van der Waals surface area contributed by atoms with E-state index in [-0.39, 0.29) is 23.4 Å². The summed E-state index contributed by atoms with van der Waals surface area (Å²) in [6.45, 7) is 3.88.